The molecule has 0 fully saturated rings. The van der Waals surface area contributed by atoms with E-state index in [1.54, 1.807) is 19.1 Å². The number of nitro groups is 1. The van der Waals surface area contributed by atoms with Crippen LogP contribution in [0.25, 0.3) is 0 Å². The first-order chi connectivity index (χ1) is 12.5. The minimum Gasteiger partial charge on any atom is -0.493 e. The van der Waals surface area contributed by atoms with Crippen molar-refractivity contribution in [1.82, 2.24) is 0 Å². The molecule has 0 aliphatic carbocycles. The molecule has 2 rings (SSSR count). The van der Waals surface area contributed by atoms with Crippen LogP contribution in [0.4, 0.5) is 11.4 Å². The molecular formula is C17H17N3O6. The first kappa shape index (κ1) is 18.7. The average molecular weight is 359 g/mol. The van der Waals surface area contributed by atoms with Gasteiger partial charge in [-0.1, -0.05) is 6.07 Å². The highest BCUT2D eigenvalue weighted by atomic mass is 16.6. The molecule has 26 heavy (non-hydrogen) atoms. The highest BCUT2D eigenvalue weighted by Gasteiger charge is 2.18. The van der Waals surface area contributed by atoms with Crippen molar-refractivity contribution < 1.29 is 24.3 Å². The fourth-order valence-corrected chi connectivity index (χ4v) is 2.15. The van der Waals surface area contributed by atoms with E-state index in [9.17, 15) is 14.9 Å². The van der Waals surface area contributed by atoms with Gasteiger partial charge < -0.3 is 14.6 Å². The summed E-state index contributed by atoms with van der Waals surface area (Å²) in [5, 5.41) is 24.2. The van der Waals surface area contributed by atoms with Crippen molar-refractivity contribution in [1.29, 1.82) is 0 Å². The van der Waals surface area contributed by atoms with Gasteiger partial charge in [0.05, 0.1) is 47.7 Å². The summed E-state index contributed by atoms with van der Waals surface area (Å²) >= 11 is 0. The monoisotopic (exact) mass is 359 g/mol. The topological polar surface area (TPSA) is 123 Å². The predicted molar refractivity (Wildman–Crippen MR) is 95.4 cm³/mol. The van der Waals surface area contributed by atoms with Crippen LogP contribution < -0.4 is 14.9 Å². The molecule has 2 aromatic carbocycles. The van der Waals surface area contributed by atoms with Crippen LogP contribution in [0.3, 0.4) is 0 Å². The molecular weight excluding hydrogens is 342 g/mol. The van der Waals surface area contributed by atoms with E-state index in [2.05, 4.69) is 10.5 Å². The highest BCUT2D eigenvalue weighted by molar-refractivity contribution is 5.89. The second-order valence-electron chi connectivity index (χ2n) is 5.01. The zero-order valence-corrected chi connectivity index (χ0v) is 14.1. The normalized spacial score (nSPS) is 10.5. The molecule has 0 heterocycles. The van der Waals surface area contributed by atoms with E-state index in [1.807, 2.05) is 0 Å². The molecule has 0 radical (unpaired) electrons. The van der Waals surface area contributed by atoms with Crippen LogP contribution >= 0.6 is 0 Å². The second kappa shape index (κ2) is 8.47. The van der Waals surface area contributed by atoms with Gasteiger partial charge in [0.25, 0.3) is 5.69 Å². The van der Waals surface area contributed by atoms with Crippen LogP contribution in [-0.4, -0.2) is 35.9 Å². The highest BCUT2D eigenvalue weighted by Crippen LogP contribution is 2.34. The van der Waals surface area contributed by atoms with Crippen molar-refractivity contribution in [3.63, 3.8) is 0 Å². The van der Waals surface area contributed by atoms with Crippen molar-refractivity contribution in [3.8, 4) is 11.5 Å². The van der Waals surface area contributed by atoms with Gasteiger partial charge in [-0.3, -0.25) is 15.5 Å². The third-order valence-corrected chi connectivity index (χ3v) is 3.32. The lowest BCUT2D eigenvalue weighted by atomic mass is 10.1. The van der Waals surface area contributed by atoms with E-state index in [0.29, 0.717) is 18.0 Å². The number of benzene rings is 2. The summed E-state index contributed by atoms with van der Waals surface area (Å²) in [4.78, 5) is 21.7. The maximum absolute atomic E-state index is 11.3. The number of hydrazone groups is 1. The first-order valence-corrected chi connectivity index (χ1v) is 7.58. The minimum atomic E-state index is -1.07. The number of rotatable bonds is 8. The van der Waals surface area contributed by atoms with Crippen LogP contribution in [0.2, 0.25) is 0 Å². The van der Waals surface area contributed by atoms with E-state index in [-0.39, 0.29) is 22.6 Å². The van der Waals surface area contributed by atoms with Gasteiger partial charge in [-0.15, -0.1) is 0 Å². The van der Waals surface area contributed by atoms with Gasteiger partial charge in [0.1, 0.15) is 0 Å². The molecule has 136 valence electrons. The number of carboxylic acids is 1. The Hall–Kier alpha value is -3.62. The van der Waals surface area contributed by atoms with Crippen molar-refractivity contribution in [2.24, 2.45) is 5.10 Å². The number of carbonyl (C=O) groups is 1. The van der Waals surface area contributed by atoms with E-state index < -0.39 is 10.9 Å². The predicted octanol–water partition coefficient (Wildman–Crippen LogP) is 3.15. The van der Waals surface area contributed by atoms with Gasteiger partial charge in [0.15, 0.2) is 11.5 Å². The number of nitro benzene ring substituents is 1. The van der Waals surface area contributed by atoms with E-state index in [1.165, 1.54) is 37.6 Å². The lowest BCUT2D eigenvalue weighted by molar-refractivity contribution is -0.385. The third kappa shape index (κ3) is 4.47. The first-order valence-electron chi connectivity index (χ1n) is 7.58. The SMILES string of the molecule is CCOc1cc(C=NNc2cccc(C(=O)O)c2)c([N+](=O)[O-])cc1OC. The summed E-state index contributed by atoms with van der Waals surface area (Å²) in [5.74, 6) is -0.461. The molecule has 2 N–H and O–H groups in total. The summed E-state index contributed by atoms with van der Waals surface area (Å²) in [5.41, 5.74) is 3.19. The third-order valence-electron chi connectivity index (χ3n) is 3.32. The number of hydrogen-bond donors (Lipinski definition) is 2. The maximum atomic E-state index is 11.3. The van der Waals surface area contributed by atoms with E-state index in [4.69, 9.17) is 14.6 Å². The number of carboxylic acid groups (broad SMARTS) is 1. The molecule has 0 unspecified atom stereocenters. The molecule has 0 aromatic heterocycles. The summed E-state index contributed by atoms with van der Waals surface area (Å²) in [7, 11) is 1.40. The van der Waals surface area contributed by atoms with Crippen molar-refractivity contribution in [2.75, 3.05) is 19.1 Å². The Morgan fingerprint density at radius 3 is 2.73 bits per heavy atom. The number of ether oxygens (including phenoxy) is 2. The molecule has 0 aliphatic rings. The molecule has 0 atom stereocenters. The number of anilines is 1. The summed E-state index contributed by atoms with van der Waals surface area (Å²) < 4.78 is 10.5. The van der Waals surface area contributed by atoms with Gasteiger partial charge in [0.2, 0.25) is 0 Å². The largest absolute Gasteiger partial charge is 0.493 e. The Morgan fingerprint density at radius 1 is 1.35 bits per heavy atom. The molecule has 9 heteroatoms. The van der Waals surface area contributed by atoms with Crippen LogP contribution in [-0.2, 0) is 0 Å². The zero-order valence-electron chi connectivity index (χ0n) is 14.1. The standard InChI is InChI=1S/C17H17N3O6/c1-3-26-16-8-12(14(20(23)24)9-15(16)25-2)10-18-19-13-6-4-5-11(7-13)17(21)22/h4-10,19H,3H2,1-2H3,(H,21,22). The molecule has 0 bridgehead atoms. The van der Waals surface area contributed by atoms with Gasteiger partial charge in [-0.25, -0.2) is 4.79 Å². The fraction of sp³-hybridized carbons (Fsp3) is 0.176. The molecule has 2 aromatic rings. The van der Waals surface area contributed by atoms with Gasteiger partial charge in [0, 0.05) is 0 Å². The molecule has 0 saturated carbocycles. The van der Waals surface area contributed by atoms with Gasteiger partial charge in [-0.2, -0.15) is 5.10 Å². The quantitative estimate of drug-likeness (QED) is 0.421. The molecule has 9 nitrogen and oxygen atoms in total. The lowest BCUT2D eigenvalue weighted by Crippen LogP contribution is -2.02. The Labute approximate surface area is 149 Å². The van der Waals surface area contributed by atoms with E-state index >= 15 is 0 Å². The Morgan fingerprint density at radius 2 is 2.12 bits per heavy atom. The van der Waals surface area contributed by atoms with E-state index in [0.717, 1.165) is 0 Å². The Balaban J connectivity index is 2.30. The van der Waals surface area contributed by atoms with Crippen LogP contribution in [0.5, 0.6) is 11.5 Å². The second-order valence-corrected chi connectivity index (χ2v) is 5.01. The summed E-state index contributed by atoms with van der Waals surface area (Å²) in [6, 6.07) is 8.74. The number of hydrogen-bond acceptors (Lipinski definition) is 7. The number of nitrogens with one attached hydrogen (secondary N) is 1. The van der Waals surface area contributed by atoms with Crippen LogP contribution in [0, 0.1) is 10.1 Å². The smallest absolute Gasteiger partial charge is 0.335 e. The van der Waals surface area contributed by atoms with Crippen molar-refractivity contribution in [3.05, 3.63) is 57.6 Å². The molecule has 0 amide bonds. The fourth-order valence-electron chi connectivity index (χ4n) is 2.15. The van der Waals surface area contributed by atoms with Gasteiger partial charge in [-0.05, 0) is 31.2 Å². The Bertz CT molecular complexity index is 850. The number of aromatic carboxylic acids is 1. The Kier molecular flexibility index (Phi) is 6.10. The van der Waals surface area contributed by atoms with Gasteiger partial charge >= 0.3 is 5.97 Å². The molecule has 0 aliphatic heterocycles. The van der Waals surface area contributed by atoms with Crippen molar-refractivity contribution >= 4 is 23.6 Å². The van der Waals surface area contributed by atoms with Crippen molar-refractivity contribution in [2.45, 2.75) is 6.92 Å². The van der Waals surface area contributed by atoms with Crippen LogP contribution in [0.15, 0.2) is 41.5 Å². The summed E-state index contributed by atoms with van der Waals surface area (Å²) in [6.45, 7) is 2.15. The number of methoxy groups -OCH3 is 1. The lowest BCUT2D eigenvalue weighted by Gasteiger charge is -2.10. The van der Waals surface area contributed by atoms with Crippen LogP contribution in [0.1, 0.15) is 22.8 Å². The summed E-state index contributed by atoms with van der Waals surface area (Å²) in [6.07, 6.45) is 1.26. The zero-order chi connectivity index (χ0) is 19.1. The maximum Gasteiger partial charge on any atom is 0.335 e. The minimum absolute atomic E-state index is 0.0965. The number of nitrogens with zero attached hydrogens (tertiary/aromatic N) is 2. The molecule has 0 saturated heterocycles. The average Bonchev–Trinajstić information content (AvgIpc) is 2.62. The molecule has 0 spiro atoms.